The van der Waals surface area contributed by atoms with Gasteiger partial charge in [0.15, 0.2) is 0 Å². The van der Waals surface area contributed by atoms with Crippen molar-refractivity contribution in [3.05, 3.63) is 75.3 Å². The third-order valence-corrected chi connectivity index (χ3v) is 7.75. The first kappa shape index (κ1) is 21.9. The summed E-state index contributed by atoms with van der Waals surface area (Å²) in [5.41, 5.74) is 9.66. The van der Waals surface area contributed by atoms with Gasteiger partial charge in [-0.05, 0) is 128 Å². The molecule has 3 aromatic rings. The minimum absolute atomic E-state index is 0.633. The topological polar surface area (TPSA) is 9.23 Å². The summed E-state index contributed by atoms with van der Waals surface area (Å²) in [6.07, 6.45) is 6.82. The highest BCUT2D eigenvalue weighted by molar-refractivity contribution is 5.88. The molecule has 1 nitrogen and oxygen atoms in total. The monoisotopic (exact) mass is 414 g/mol. The van der Waals surface area contributed by atoms with E-state index in [-0.39, 0.29) is 0 Å². The maximum absolute atomic E-state index is 6.27. The largest absolute Gasteiger partial charge is 0.489 e. The minimum Gasteiger partial charge on any atom is -0.489 e. The number of rotatable bonds is 5. The molecule has 31 heavy (non-hydrogen) atoms. The lowest BCUT2D eigenvalue weighted by atomic mass is 9.79. The van der Waals surface area contributed by atoms with Crippen LogP contribution in [0.25, 0.3) is 10.8 Å². The highest BCUT2D eigenvalue weighted by atomic mass is 16.5. The molecule has 0 saturated heterocycles. The van der Waals surface area contributed by atoms with Gasteiger partial charge in [0.05, 0.1) is 0 Å². The van der Waals surface area contributed by atoms with Crippen molar-refractivity contribution >= 4 is 10.8 Å². The van der Waals surface area contributed by atoms with Crippen LogP contribution in [0.3, 0.4) is 0 Å². The predicted octanol–water partition coefficient (Wildman–Crippen LogP) is 8.33. The zero-order chi connectivity index (χ0) is 22.1. The lowest BCUT2D eigenvalue weighted by molar-refractivity contribution is 0.288. The smallest absolute Gasteiger partial charge is 0.120 e. The quantitative estimate of drug-likeness (QED) is 0.408. The van der Waals surface area contributed by atoms with Crippen molar-refractivity contribution in [2.24, 2.45) is 11.8 Å². The fraction of sp³-hybridized carbons (Fsp3) is 0.467. The lowest BCUT2D eigenvalue weighted by Crippen LogP contribution is -2.14. The highest BCUT2D eigenvalue weighted by Gasteiger charge is 2.19. The molecule has 0 aliphatic heterocycles. The molecule has 0 amide bonds. The average Bonchev–Trinajstić information content (AvgIpc) is 2.73. The van der Waals surface area contributed by atoms with Crippen molar-refractivity contribution in [1.29, 1.82) is 0 Å². The maximum atomic E-state index is 6.27. The van der Waals surface area contributed by atoms with Crippen LogP contribution >= 0.6 is 0 Å². The van der Waals surface area contributed by atoms with E-state index in [1.165, 1.54) is 81.8 Å². The Hall–Kier alpha value is -2.28. The summed E-state index contributed by atoms with van der Waals surface area (Å²) in [5, 5.41) is 2.59. The van der Waals surface area contributed by atoms with Crippen molar-refractivity contribution in [3.63, 3.8) is 0 Å². The molecule has 0 bridgehead atoms. The molecule has 0 unspecified atom stereocenters. The summed E-state index contributed by atoms with van der Waals surface area (Å²) in [6, 6.07) is 13.6. The van der Waals surface area contributed by atoms with E-state index in [1.807, 2.05) is 0 Å². The summed E-state index contributed by atoms with van der Waals surface area (Å²) < 4.78 is 6.27. The van der Waals surface area contributed by atoms with Crippen LogP contribution < -0.4 is 4.74 Å². The van der Waals surface area contributed by atoms with Gasteiger partial charge >= 0.3 is 0 Å². The Balaban J connectivity index is 1.47. The Bertz CT molecular complexity index is 1060. The van der Waals surface area contributed by atoms with Gasteiger partial charge in [-0.1, -0.05) is 44.0 Å². The number of benzene rings is 3. The van der Waals surface area contributed by atoms with Gasteiger partial charge in [-0.15, -0.1) is 0 Å². The maximum Gasteiger partial charge on any atom is 0.120 e. The SMILES string of the molecule is Cc1cc2cc(OCc3c(C)cc(CC4CCC(C)CC4)cc3C)ccc2c(C)c1C. The number of hydrogen-bond acceptors (Lipinski definition) is 1. The molecule has 1 aliphatic carbocycles. The molecule has 0 atom stereocenters. The zero-order valence-electron chi connectivity index (χ0n) is 20.3. The minimum atomic E-state index is 0.633. The van der Waals surface area contributed by atoms with Gasteiger partial charge in [0, 0.05) is 0 Å². The van der Waals surface area contributed by atoms with Crippen LogP contribution in [0.5, 0.6) is 5.75 Å². The van der Waals surface area contributed by atoms with Crippen molar-refractivity contribution in [2.75, 3.05) is 0 Å². The van der Waals surface area contributed by atoms with Crippen molar-refractivity contribution < 1.29 is 4.74 Å². The zero-order valence-corrected chi connectivity index (χ0v) is 20.3. The van der Waals surface area contributed by atoms with Crippen LogP contribution in [-0.4, -0.2) is 0 Å². The van der Waals surface area contributed by atoms with E-state index in [9.17, 15) is 0 Å². The summed E-state index contributed by atoms with van der Waals surface area (Å²) in [4.78, 5) is 0. The third-order valence-electron chi connectivity index (χ3n) is 7.75. The van der Waals surface area contributed by atoms with Gasteiger partial charge in [-0.3, -0.25) is 0 Å². The van der Waals surface area contributed by atoms with Crippen molar-refractivity contribution in [3.8, 4) is 5.75 Å². The first-order valence-corrected chi connectivity index (χ1v) is 12.0. The Kier molecular flexibility index (Phi) is 6.42. The van der Waals surface area contributed by atoms with Crippen LogP contribution in [-0.2, 0) is 13.0 Å². The molecule has 1 heteroatoms. The molecule has 1 saturated carbocycles. The van der Waals surface area contributed by atoms with Crippen LogP contribution in [0.4, 0.5) is 0 Å². The van der Waals surface area contributed by atoms with Crippen LogP contribution in [0, 0.1) is 46.5 Å². The van der Waals surface area contributed by atoms with Gasteiger partial charge in [0.2, 0.25) is 0 Å². The number of ether oxygens (including phenoxy) is 1. The summed E-state index contributed by atoms with van der Waals surface area (Å²) in [5.74, 6) is 2.74. The molecule has 0 spiro atoms. The molecule has 1 aliphatic rings. The lowest BCUT2D eigenvalue weighted by Gasteiger charge is -2.26. The predicted molar refractivity (Wildman–Crippen MR) is 133 cm³/mol. The van der Waals surface area contributed by atoms with E-state index in [2.05, 4.69) is 77.9 Å². The molecule has 0 radical (unpaired) electrons. The Morgan fingerprint density at radius 1 is 0.774 bits per heavy atom. The number of hydrogen-bond donors (Lipinski definition) is 0. The van der Waals surface area contributed by atoms with E-state index < -0.39 is 0 Å². The molecule has 3 aromatic carbocycles. The number of fused-ring (bicyclic) bond motifs is 1. The second-order valence-corrected chi connectivity index (χ2v) is 10.2. The van der Waals surface area contributed by atoms with E-state index in [0.717, 1.165) is 17.6 Å². The molecule has 4 rings (SSSR count). The first-order valence-electron chi connectivity index (χ1n) is 12.0. The van der Waals surface area contributed by atoms with E-state index >= 15 is 0 Å². The average molecular weight is 415 g/mol. The Morgan fingerprint density at radius 3 is 2.13 bits per heavy atom. The van der Waals surface area contributed by atoms with E-state index in [1.54, 1.807) is 0 Å². The standard InChI is InChI=1S/C30H38O/c1-19-7-9-25(10-8-19)16-26-13-21(3)30(22(4)14-26)18-31-28-11-12-29-24(6)23(5)20(2)15-27(29)17-28/h11-15,17,19,25H,7-10,16,18H2,1-6H3. The molecule has 0 aromatic heterocycles. The highest BCUT2D eigenvalue weighted by Crippen LogP contribution is 2.32. The van der Waals surface area contributed by atoms with Gasteiger partial charge < -0.3 is 4.74 Å². The van der Waals surface area contributed by atoms with E-state index in [0.29, 0.717) is 6.61 Å². The molecular formula is C30H38O. The molecule has 1 fully saturated rings. The van der Waals surface area contributed by atoms with Crippen molar-refractivity contribution in [1.82, 2.24) is 0 Å². The summed E-state index contributed by atoms with van der Waals surface area (Å²) >= 11 is 0. The van der Waals surface area contributed by atoms with Gasteiger partial charge in [-0.25, -0.2) is 0 Å². The van der Waals surface area contributed by atoms with Gasteiger partial charge in [0.25, 0.3) is 0 Å². The molecule has 164 valence electrons. The number of aryl methyl sites for hydroxylation is 4. The van der Waals surface area contributed by atoms with Crippen LogP contribution in [0.15, 0.2) is 36.4 Å². The van der Waals surface area contributed by atoms with Crippen molar-refractivity contribution in [2.45, 2.75) is 80.3 Å². The van der Waals surface area contributed by atoms with Gasteiger partial charge in [0.1, 0.15) is 12.4 Å². The fourth-order valence-corrected chi connectivity index (χ4v) is 5.38. The first-order chi connectivity index (χ1) is 14.8. The second-order valence-electron chi connectivity index (χ2n) is 10.2. The molecular weight excluding hydrogens is 376 g/mol. The van der Waals surface area contributed by atoms with Crippen LogP contribution in [0.2, 0.25) is 0 Å². The molecule has 0 heterocycles. The summed E-state index contributed by atoms with van der Waals surface area (Å²) in [6.45, 7) is 14.1. The molecule has 0 N–H and O–H groups in total. The fourth-order valence-electron chi connectivity index (χ4n) is 5.38. The third kappa shape index (κ3) is 4.81. The van der Waals surface area contributed by atoms with Crippen LogP contribution in [0.1, 0.15) is 71.6 Å². The van der Waals surface area contributed by atoms with E-state index in [4.69, 9.17) is 4.74 Å². The normalized spacial score (nSPS) is 19.0. The Labute approximate surface area is 188 Å². The van der Waals surface area contributed by atoms with Gasteiger partial charge in [-0.2, -0.15) is 0 Å². The second kappa shape index (κ2) is 9.07. The Morgan fingerprint density at radius 2 is 1.45 bits per heavy atom. The summed E-state index contributed by atoms with van der Waals surface area (Å²) in [7, 11) is 0.